The van der Waals surface area contributed by atoms with E-state index in [1.165, 1.54) is 18.2 Å². The zero-order valence-electron chi connectivity index (χ0n) is 17.1. The first kappa shape index (κ1) is 23.1. The number of amides is 1. The van der Waals surface area contributed by atoms with Crippen molar-refractivity contribution in [2.24, 2.45) is 0 Å². The Labute approximate surface area is 192 Å². The molecule has 0 heterocycles. The van der Waals surface area contributed by atoms with Gasteiger partial charge < -0.3 is 5.32 Å². The van der Waals surface area contributed by atoms with E-state index in [1.54, 1.807) is 31.2 Å². The van der Waals surface area contributed by atoms with Crippen molar-refractivity contribution in [2.45, 2.75) is 31.6 Å². The van der Waals surface area contributed by atoms with Gasteiger partial charge in [0.25, 0.3) is 10.0 Å². The number of sulfonamides is 1. The molecule has 162 valence electrons. The Morgan fingerprint density at radius 2 is 1.68 bits per heavy atom. The first-order valence-corrected chi connectivity index (χ1v) is 11.8. The van der Waals surface area contributed by atoms with Gasteiger partial charge in [-0.3, -0.25) is 9.52 Å². The maximum atomic E-state index is 12.8. The minimum Gasteiger partial charge on any atom is -0.326 e. The first-order chi connectivity index (χ1) is 14.6. The van der Waals surface area contributed by atoms with Gasteiger partial charge in [0.1, 0.15) is 0 Å². The van der Waals surface area contributed by atoms with Crippen molar-refractivity contribution in [2.75, 3.05) is 10.0 Å². The van der Waals surface area contributed by atoms with E-state index in [9.17, 15) is 13.2 Å². The van der Waals surface area contributed by atoms with Crippen LogP contribution in [0, 0.1) is 13.8 Å². The zero-order chi connectivity index (χ0) is 22.6. The zero-order valence-corrected chi connectivity index (χ0v) is 19.4. The third kappa shape index (κ3) is 6.23. The van der Waals surface area contributed by atoms with E-state index in [1.807, 2.05) is 25.1 Å². The van der Waals surface area contributed by atoms with Crippen molar-refractivity contribution in [3.63, 3.8) is 0 Å². The van der Waals surface area contributed by atoms with E-state index in [0.717, 1.165) is 16.7 Å². The Hall–Kier alpha value is -2.54. The summed E-state index contributed by atoms with van der Waals surface area (Å²) in [5.74, 6) is -0.211. The fourth-order valence-corrected chi connectivity index (χ4v) is 4.40. The van der Waals surface area contributed by atoms with Crippen LogP contribution in [0.25, 0.3) is 0 Å². The van der Waals surface area contributed by atoms with Gasteiger partial charge in [0, 0.05) is 22.2 Å². The number of carbonyl (C=O) groups excluding carboxylic acids is 1. The normalized spacial score (nSPS) is 11.2. The first-order valence-electron chi connectivity index (χ1n) is 9.58. The summed E-state index contributed by atoms with van der Waals surface area (Å²) in [4.78, 5) is 12.5. The van der Waals surface area contributed by atoms with Gasteiger partial charge in [-0.05, 0) is 73.4 Å². The monoisotopic (exact) mass is 476 g/mol. The molecule has 0 bridgehead atoms. The molecule has 0 atom stereocenters. The molecule has 0 radical (unpaired) electrons. The van der Waals surface area contributed by atoms with E-state index in [-0.39, 0.29) is 17.2 Å². The maximum Gasteiger partial charge on any atom is 0.261 e. The van der Waals surface area contributed by atoms with Crippen molar-refractivity contribution >= 4 is 50.5 Å². The fraction of sp³-hybridized carbons (Fsp3) is 0.174. The molecule has 0 unspecified atom stereocenters. The Balaban J connectivity index is 1.71. The Bertz CT molecular complexity index is 1230. The predicted octanol–water partition coefficient (Wildman–Crippen LogP) is 5.98. The van der Waals surface area contributed by atoms with Crippen LogP contribution in [0.4, 0.5) is 11.4 Å². The standard InChI is InChI=1S/C23H22Cl2N2O3S/c1-15-6-8-17(12-21(15)25)9-11-23(28)26-22-14-20(10-7-16(22)2)31(29,30)27-19-5-3-4-18(24)13-19/h3-8,10,12-14,27H,9,11H2,1-2H3,(H,26,28). The van der Waals surface area contributed by atoms with Gasteiger partial charge in [-0.2, -0.15) is 0 Å². The average Bonchev–Trinajstić information content (AvgIpc) is 2.70. The molecule has 0 saturated carbocycles. The van der Waals surface area contributed by atoms with E-state index in [0.29, 0.717) is 27.8 Å². The summed E-state index contributed by atoms with van der Waals surface area (Å²) in [6, 6.07) is 16.7. The van der Waals surface area contributed by atoms with Crippen LogP contribution in [0.3, 0.4) is 0 Å². The van der Waals surface area contributed by atoms with E-state index in [2.05, 4.69) is 10.0 Å². The summed E-state index contributed by atoms with van der Waals surface area (Å²) in [6.07, 6.45) is 0.774. The van der Waals surface area contributed by atoms with Crippen LogP contribution in [0.5, 0.6) is 0 Å². The summed E-state index contributed by atoms with van der Waals surface area (Å²) in [6.45, 7) is 3.72. The maximum absolute atomic E-state index is 12.8. The van der Waals surface area contributed by atoms with Crippen LogP contribution in [-0.2, 0) is 21.2 Å². The van der Waals surface area contributed by atoms with Crippen molar-refractivity contribution in [1.82, 2.24) is 0 Å². The van der Waals surface area contributed by atoms with Gasteiger partial charge in [0.05, 0.1) is 10.6 Å². The van der Waals surface area contributed by atoms with Crippen LogP contribution in [-0.4, -0.2) is 14.3 Å². The molecule has 2 N–H and O–H groups in total. The predicted molar refractivity (Wildman–Crippen MR) is 127 cm³/mol. The number of halogens is 2. The Morgan fingerprint density at radius 3 is 2.39 bits per heavy atom. The highest BCUT2D eigenvalue weighted by atomic mass is 35.5. The van der Waals surface area contributed by atoms with Crippen molar-refractivity contribution in [3.8, 4) is 0 Å². The quantitative estimate of drug-likeness (QED) is 0.440. The number of nitrogens with one attached hydrogen (secondary N) is 2. The second-order valence-electron chi connectivity index (χ2n) is 7.22. The van der Waals surface area contributed by atoms with E-state index < -0.39 is 10.0 Å². The summed E-state index contributed by atoms with van der Waals surface area (Å²) in [5.41, 5.74) is 3.50. The SMILES string of the molecule is Cc1ccc(CCC(=O)Nc2cc(S(=O)(=O)Nc3cccc(Cl)c3)ccc2C)cc1Cl. The van der Waals surface area contributed by atoms with E-state index in [4.69, 9.17) is 23.2 Å². The lowest BCUT2D eigenvalue weighted by atomic mass is 10.1. The fourth-order valence-electron chi connectivity index (χ4n) is 2.93. The molecule has 0 fully saturated rings. The lowest BCUT2D eigenvalue weighted by Gasteiger charge is -2.13. The minimum absolute atomic E-state index is 0.0405. The summed E-state index contributed by atoms with van der Waals surface area (Å²) in [5, 5.41) is 3.90. The Morgan fingerprint density at radius 1 is 0.935 bits per heavy atom. The third-order valence-electron chi connectivity index (χ3n) is 4.75. The molecule has 3 aromatic carbocycles. The second-order valence-corrected chi connectivity index (χ2v) is 9.75. The van der Waals surface area contributed by atoms with Crippen LogP contribution >= 0.6 is 23.2 Å². The molecule has 5 nitrogen and oxygen atoms in total. The van der Waals surface area contributed by atoms with Gasteiger partial charge in [0.15, 0.2) is 0 Å². The number of benzene rings is 3. The molecule has 8 heteroatoms. The number of hydrogen-bond acceptors (Lipinski definition) is 3. The number of carbonyl (C=O) groups is 1. The second kappa shape index (κ2) is 9.73. The summed E-state index contributed by atoms with van der Waals surface area (Å²) in [7, 11) is -3.84. The molecule has 0 saturated heterocycles. The van der Waals surface area contributed by atoms with Gasteiger partial charge in [0.2, 0.25) is 5.91 Å². The van der Waals surface area contributed by atoms with Crippen molar-refractivity contribution in [1.29, 1.82) is 0 Å². The Kier molecular flexibility index (Phi) is 7.26. The highest BCUT2D eigenvalue weighted by molar-refractivity contribution is 7.92. The van der Waals surface area contributed by atoms with Crippen molar-refractivity contribution < 1.29 is 13.2 Å². The molecule has 0 spiro atoms. The smallest absolute Gasteiger partial charge is 0.261 e. The number of aryl methyl sites for hydroxylation is 3. The average molecular weight is 477 g/mol. The van der Waals surface area contributed by atoms with Gasteiger partial charge in [-0.1, -0.05) is 47.5 Å². The van der Waals surface area contributed by atoms with Crippen LogP contribution in [0.15, 0.2) is 65.6 Å². The highest BCUT2D eigenvalue weighted by Crippen LogP contribution is 2.24. The molecule has 0 aliphatic carbocycles. The topological polar surface area (TPSA) is 75.3 Å². The third-order valence-corrected chi connectivity index (χ3v) is 6.77. The molecule has 1 amide bonds. The minimum atomic E-state index is -3.84. The number of anilines is 2. The lowest BCUT2D eigenvalue weighted by Crippen LogP contribution is -2.16. The summed E-state index contributed by atoms with van der Waals surface area (Å²) >= 11 is 12.1. The van der Waals surface area contributed by atoms with Gasteiger partial charge >= 0.3 is 0 Å². The highest BCUT2D eigenvalue weighted by Gasteiger charge is 2.17. The largest absolute Gasteiger partial charge is 0.326 e. The molecular weight excluding hydrogens is 455 g/mol. The molecule has 0 aliphatic rings. The van der Waals surface area contributed by atoms with Crippen molar-refractivity contribution in [3.05, 3.63) is 87.4 Å². The molecule has 3 rings (SSSR count). The van der Waals surface area contributed by atoms with Crippen LogP contribution in [0.2, 0.25) is 10.0 Å². The molecule has 0 aliphatic heterocycles. The molecule has 31 heavy (non-hydrogen) atoms. The lowest BCUT2D eigenvalue weighted by molar-refractivity contribution is -0.116. The van der Waals surface area contributed by atoms with Crippen LogP contribution in [0.1, 0.15) is 23.1 Å². The summed E-state index contributed by atoms with van der Waals surface area (Å²) < 4.78 is 28.0. The molecule has 3 aromatic rings. The van der Waals surface area contributed by atoms with E-state index >= 15 is 0 Å². The number of rotatable bonds is 7. The molecule has 0 aromatic heterocycles. The molecular formula is C23H22Cl2N2O3S. The van der Waals surface area contributed by atoms with Crippen LogP contribution < -0.4 is 10.0 Å². The van der Waals surface area contributed by atoms with Gasteiger partial charge in [-0.25, -0.2) is 8.42 Å². The van der Waals surface area contributed by atoms with Gasteiger partial charge in [-0.15, -0.1) is 0 Å². The number of hydrogen-bond donors (Lipinski definition) is 2.